The molecule has 162 valence electrons. The van der Waals surface area contributed by atoms with Crippen molar-refractivity contribution in [1.82, 2.24) is 0 Å². The molecule has 0 saturated carbocycles. The van der Waals surface area contributed by atoms with Crippen molar-refractivity contribution in [2.24, 2.45) is 0 Å². The van der Waals surface area contributed by atoms with Crippen LogP contribution in [0, 0.1) is 18.3 Å². The highest BCUT2D eigenvalue weighted by molar-refractivity contribution is 5.95. The van der Waals surface area contributed by atoms with Gasteiger partial charge in [-0.3, -0.25) is 4.79 Å². The molecule has 1 heterocycles. The Morgan fingerprint density at radius 1 is 0.939 bits per heavy atom. The van der Waals surface area contributed by atoms with E-state index in [-0.39, 0.29) is 16.8 Å². The van der Waals surface area contributed by atoms with Crippen molar-refractivity contribution in [1.29, 1.82) is 5.26 Å². The second-order valence-corrected chi connectivity index (χ2v) is 9.72. The molecule has 0 fully saturated rings. The van der Waals surface area contributed by atoms with Crippen molar-refractivity contribution in [2.75, 3.05) is 0 Å². The average molecular weight is 432 g/mol. The van der Waals surface area contributed by atoms with E-state index in [0.29, 0.717) is 27.9 Å². The molecule has 0 N–H and O–H groups in total. The Morgan fingerprint density at radius 3 is 2.36 bits per heavy atom. The van der Waals surface area contributed by atoms with Crippen molar-refractivity contribution in [2.45, 2.75) is 39.0 Å². The number of para-hydroxylation sites is 1. The topological polar surface area (TPSA) is 54.0 Å². The summed E-state index contributed by atoms with van der Waals surface area (Å²) in [5.74, 6) is 0.284. The Hall–Kier alpha value is -3.90. The molecule has 3 nitrogen and oxygen atoms in total. The van der Waals surface area contributed by atoms with E-state index in [4.69, 9.17) is 4.42 Å². The van der Waals surface area contributed by atoms with Gasteiger partial charge in [-0.15, -0.1) is 0 Å². The third-order valence-corrected chi connectivity index (χ3v) is 6.52. The lowest BCUT2D eigenvalue weighted by molar-refractivity contribution is 0.525. The number of aryl methyl sites for hydroxylation is 1. The molecule has 4 aromatic rings. The highest BCUT2D eigenvalue weighted by atomic mass is 16.3. The zero-order chi connectivity index (χ0) is 23.3. The second kappa shape index (κ2) is 7.60. The molecule has 3 aromatic carbocycles. The number of fused-ring (bicyclic) bond motifs is 3. The molecule has 5 rings (SSSR count). The van der Waals surface area contributed by atoms with E-state index in [1.165, 1.54) is 5.56 Å². The van der Waals surface area contributed by atoms with Crippen LogP contribution in [-0.2, 0) is 5.41 Å². The first-order valence-corrected chi connectivity index (χ1v) is 11.2. The summed E-state index contributed by atoms with van der Waals surface area (Å²) >= 11 is 0. The summed E-state index contributed by atoms with van der Waals surface area (Å²) in [6.07, 6.45) is 1.70. The van der Waals surface area contributed by atoms with Gasteiger partial charge in [-0.1, -0.05) is 81.4 Å². The van der Waals surface area contributed by atoms with E-state index in [0.717, 1.165) is 22.3 Å². The van der Waals surface area contributed by atoms with Crippen LogP contribution in [0.3, 0.4) is 0 Å². The zero-order valence-corrected chi connectivity index (χ0v) is 19.3. The maximum absolute atomic E-state index is 13.6. The van der Waals surface area contributed by atoms with Gasteiger partial charge in [0.1, 0.15) is 11.3 Å². The number of nitrogens with zero attached hydrogens (tertiary/aromatic N) is 1. The van der Waals surface area contributed by atoms with Gasteiger partial charge in [-0.25, -0.2) is 0 Å². The van der Waals surface area contributed by atoms with Crippen LogP contribution in [0.5, 0.6) is 0 Å². The minimum atomic E-state index is -0.302. The summed E-state index contributed by atoms with van der Waals surface area (Å²) < 4.78 is 6.54. The molecule has 0 saturated heterocycles. The molecule has 0 amide bonds. The van der Waals surface area contributed by atoms with Crippen LogP contribution in [0.1, 0.15) is 65.8 Å². The van der Waals surface area contributed by atoms with Crippen molar-refractivity contribution >= 4 is 22.6 Å². The first kappa shape index (κ1) is 21.0. The molecule has 1 aliphatic rings. The van der Waals surface area contributed by atoms with E-state index in [2.05, 4.69) is 51.1 Å². The van der Waals surface area contributed by atoms with Gasteiger partial charge in [0.15, 0.2) is 5.43 Å². The lowest BCUT2D eigenvalue weighted by Gasteiger charge is -2.23. The van der Waals surface area contributed by atoms with Crippen LogP contribution in [0.15, 0.2) is 75.9 Å². The molecule has 0 radical (unpaired) electrons. The molecule has 0 aliphatic heterocycles. The summed E-state index contributed by atoms with van der Waals surface area (Å²) in [5, 5.41) is 10.5. The predicted octanol–water partition coefficient (Wildman–Crippen LogP) is 6.96. The van der Waals surface area contributed by atoms with Gasteiger partial charge in [-0.05, 0) is 52.3 Å². The van der Waals surface area contributed by atoms with E-state index in [1.807, 2.05) is 43.3 Å². The predicted molar refractivity (Wildman–Crippen MR) is 133 cm³/mol. The van der Waals surface area contributed by atoms with Crippen LogP contribution in [-0.4, -0.2) is 0 Å². The fraction of sp³-hybridized carbons (Fsp3) is 0.200. The minimum absolute atomic E-state index is 0.0349. The average Bonchev–Trinajstić information content (AvgIpc) is 2.94. The highest BCUT2D eigenvalue weighted by Crippen LogP contribution is 2.42. The van der Waals surface area contributed by atoms with E-state index in [1.54, 1.807) is 12.1 Å². The van der Waals surface area contributed by atoms with Gasteiger partial charge >= 0.3 is 0 Å². The summed E-state index contributed by atoms with van der Waals surface area (Å²) in [4.78, 5) is 13.6. The molecule has 3 heteroatoms. The Labute approximate surface area is 193 Å². The van der Waals surface area contributed by atoms with Crippen LogP contribution in [0.2, 0.25) is 0 Å². The third kappa shape index (κ3) is 3.39. The smallest absolute Gasteiger partial charge is 0.200 e. The van der Waals surface area contributed by atoms with Gasteiger partial charge < -0.3 is 4.42 Å². The van der Waals surface area contributed by atoms with Gasteiger partial charge in [0.25, 0.3) is 0 Å². The first-order chi connectivity index (χ1) is 15.8. The Balaban J connectivity index is 1.88. The number of allylic oxidation sites excluding steroid dienone is 1. The first-order valence-electron chi connectivity index (χ1n) is 11.2. The molecule has 33 heavy (non-hydrogen) atoms. The highest BCUT2D eigenvalue weighted by Gasteiger charge is 2.31. The van der Waals surface area contributed by atoms with Crippen LogP contribution < -0.4 is 5.43 Å². The van der Waals surface area contributed by atoms with Gasteiger partial charge in [-0.2, -0.15) is 5.26 Å². The molecule has 0 bridgehead atoms. The normalized spacial score (nSPS) is 15.2. The number of hydrogen-bond donors (Lipinski definition) is 0. The summed E-state index contributed by atoms with van der Waals surface area (Å²) in [7, 11) is 0. The minimum Gasteiger partial charge on any atom is -0.459 e. The van der Waals surface area contributed by atoms with E-state index in [9.17, 15) is 10.1 Å². The molecule has 1 unspecified atom stereocenters. The van der Waals surface area contributed by atoms with E-state index < -0.39 is 0 Å². The fourth-order valence-corrected chi connectivity index (χ4v) is 4.70. The summed E-state index contributed by atoms with van der Waals surface area (Å²) in [6.45, 7) is 8.52. The zero-order valence-electron chi connectivity index (χ0n) is 19.3. The molecule has 1 aromatic heterocycles. The van der Waals surface area contributed by atoms with Gasteiger partial charge in [0.05, 0.1) is 28.5 Å². The lowest BCUT2D eigenvalue weighted by atomic mass is 9.82. The summed E-state index contributed by atoms with van der Waals surface area (Å²) in [6, 6.07) is 24.3. The fourth-order valence-electron chi connectivity index (χ4n) is 4.70. The monoisotopic (exact) mass is 431 g/mol. The maximum Gasteiger partial charge on any atom is 0.200 e. The quantitative estimate of drug-likeness (QED) is 0.327. The Kier molecular flexibility index (Phi) is 4.83. The van der Waals surface area contributed by atoms with Crippen LogP contribution in [0.4, 0.5) is 0 Å². The van der Waals surface area contributed by atoms with Crippen molar-refractivity contribution in [3.8, 4) is 6.07 Å². The van der Waals surface area contributed by atoms with E-state index >= 15 is 0 Å². The molecule has 1 aliphatic carbocycles. The SMILES string of the molecule is Cc1cccc2c(=O)c3c(oc12)C(c1ccc(C(C)(C)C)cc1)c1ccccc1C(C#N)=C3. The number of hydrogen-bond acceptors (Lipinski definition) is 3. The maximum atomic E-state index is 13.6. The van der Waals surface area contributed by atoms with Gasteiger partial charge in [0, 0.05) is 0 Å². The van der Waals surface area contributed by atoms with Crippen LogP contribution >= 0.6 is 0 Å². The lowest BCUT2D eigenvalue weighted by Crippen LogP contribution is -2.15. The summed E-state index contributed by atoms with van der Waals surface area (Å²) in [5.41, 5.74) is 6.42. The third-order valence-electron chi connectivity index (χ3n) is 6.52. The largest absolute Gasteiger partial charge is 0.459 e. The molecule has 1 atom stereocenters. The van der Waals surface area contributed by atoms with Crippen LogP contribution in [0.25, 0.3) is 22.6 Å². The molecular formula is C30H25NO2. The standard InChI is InChI=1S/C30H25NO2/c1-18-8-7-11-24-27(32)25-16-20(17-31)22-9-5-6-10-23(22)26(29(25)33-28(18)24)19-12-14-21(15-13-19)30(2,3)4/h5-16,26H,1-4H3. The van der Waals surface area contributed by atoms with Gasteiger partial charge in [0.2, 0.25) is 0 Å². The van der Waals surface area contributed by atoms with Crippen molar-refractivity contribution in [3.63, 3.8) is 0 Å². The molecule has 0 spiro atoms. The number of benzene rings is 3. The van der Waals surface area contributed by atoms with Crippen molar-refractivity contribution < 1.29 is 4.42 Å². The Bertz CT molecular complexity index is 1520. The van der Waals surface area contributed by atoms with Crippen molar-refractivity contribution in [3.05, 3.63) is 116 Å². The second-order valence-electron chi connectivity index (χ2n) is 9.72. The Morgan fingerprint density at radius 2 is 1.67 bits per heavy atom. The number of nitriles is 1. The molecular weight excluding hydrogens is 406 g/mol. The number of rotatable bonds is 1.